The van der Waals surface area contributed by atoms with Gasteiger partial charge < -0.3 is 10.1 Å². The molecule has 1 heterocycles. The monoisotopic (exact) mass is 197 g/mol. The molecule has 1 saturated heterocycles. The SMILES string of the molecule is CC(CNC1CCCOCC1)C1CC1. The summed E-state index contributed by atoms with van der Waals surface area (Å²) in [5.74, 6) is 1.92. The molecule has 82 valence electrons. The lowest BCUT2D eigenvalue weighted by Crippen LogP contribution is -2.33. The topological polar surface area (TPSA) is 21.3 Å². The average Bonchev–Trinajstić information content (AvgIpc) is 3.01. The van der Waals surface area contributed by atoms with E-state index in [0.29, 0.717) is 0 Å². The largest absolute Gasteiger partial charge is 0.381 e. The van der Waals surface area contributed by atoms with Crippen LogP contribution < -0.4 is 5.32 Å². The van der Waals surface area contributed by atoms with E-state index < -0.39 is 0 Å². The molecular formula is C12H23NO. The van der Waals surface area contributed by atoms with Crippen LogP contribution in [0.25, 0.3) is 0 Å². The quantitative estimate of drug-likeness (QED) is 0.746. The van der Waals surface area contributed by atoms with Crippen LogP contribution in [0.5, 0.6) is 0 Å². The van der Waals surface area contributed by atoms with E-state index in [0.717, 1.165) is 31.1 Å². The minimum absolute atomic E-state index is 0.721. The normalized spacial score (nSPS) is 31.1. The summed E-state index contributed by atoms with van der Waals surface area (Å²) in [5, 5.41) is 3.70. The molecular weight excluding hydrogens is 174 g/mol. The lowest BCUT2D eigenvalue weighted by Gasteiger charge is -2.18. The first-order chi connectivity index (χ1) is 6.86. The fourth-order valence-corrected chi connectivity index (χ4v) is 2.29. The van der Waals surface area contributed by atoms with Gasteiger partial charge in [0, 0.05) is 19.3 Å². The van der Waals surface area contributed by atoms with E-state index >= 15 is 0 Å². The van der Waals surface area contributed by atoms with Crippen molar-refractivity contribution in [3.63, 3.8) is 0 Å². The van der Waals surface area contributed by atoms with E-state index in [-0.39, 0.29) is 0 Å². The molecule has 2 nitrogen and oxygen atoms in total. The number of ether oxygens (including phenoxy) is 1. The second-order valence-electron chi connectivity index (χ2n) is 4.96. The number of hydrogen-bond acceptors (Lipinski definition) is 2. The summed E-state index contributed by atoms with van der Waals surface area (Å²) in [4.78, 5) is 0. The number of rotatable bonds is 4. The lowest BCUT2D eigenvalue weighted by molar-refractivity contribution is 0.142. The van der Waals surface area contributed by atoms with Crippen LogP contribution in [0.4, 0.5) is 0 Å². The van der Waals surface area contributed by atoms with Gasteiger partial charge in [-0.3, -0.25) is 0 Å². The highest BCUT2D eigenvalue weighted by Crippen LogP contribution is 2.36. The van der Waals surface area contributed by atoms with Gasteiger partial charge in [0.2, 0.25) is 0 Å². The van der Waals surface area contributed by atoms with Gasteiger partial charge in [-0.2, -0.15) is 0 Å². The van der Waals surface area contributed by atoms with Crippen molar-refractivity contribution in [2.24, 2.45) is 11.8 Å². The number of hydrogen-bond donors (Lipinski definition) is 1. The molecule has 0 aromatic heterocycles. The molecule has 14 heavy (non-hydrogen) atoms. The van der Waals surface area contributed by atoms with Crippen LogP contribution in [0.15, 0.2) is 0 Å². The van der Waals surface area contributed by atoms with Crippen molar-refractivity contribution >= 4 is 0 Å². The van der Waals surface area contributed by atoms with E-state index in [1.165, 1.54) is 38.6 Å². The van der Waals surface area contributed by atoms with Crippen molar-refractivity contribution in [2.75, 3.05) is 19.8 Å². The molecule has 2 heteroatoms. The van der Waals surface area contributed by atoms with E-state index in [1.807, 2.05) is 0 Å². The fourth-order valence-electron chi connectivity index (χ4n) is 2.29. The Morgan fingerprint density at radius 2 is 2.07 bits per heavy atom. The zero-order valence-corrected chi connectivity index (χ0v) is 9.30. The van der Waals surface area contributed by atoms with Gasteiger partial charge in [-0.25, -0.2) is 0 Å². The maximum absolute atomic E-state index is 5.45. The molecule has 2 fully saturated rings. The molecule has 0 bridgehead atoms. The van der Waals surface area contributed by atoms with Gasteiger partial charge in [0.1, 0.15) is 0 Å². The first-order valence-corrected chi connectivity index (χ1v) is 6.17. The van der Waals surface area contributed by atoms with Crippen molar-refractivity contribution in [3.05, 3.63) is 0 Å². The van der Waals surface area contributed by atoms with Crippen LogP contribution in [0.2, 0.25) is 0 Å². The predicted octanol–water partition coefficient (Wildman–Crippen LogP) is 2.19. The van der Waals surface area contributed by atoms with Crippen LogP contribution in [0.1, 0.15) is 39.0 Å². The summed E-state index contributed by atoms with van der Waals surface area (Å²) < 4.78 is 5.45. The Labute approximate surface area is 87.4 Å². The molecule has 0 aromatic rings. The van der Waals surface area contributed by atoms with Gasteiger partial charge in [-0.15, -0.1) is 0 Å². The summed E-state index contributed by atoms with van der Waals surface area (Å²) in [7, 11) is 0. The van der Waals surface area contributed by atoms with E-state index in [1.54, 1.807) is 0 Å². The predicted molar refractivity (Wildman–Crippen MR) is 58.3 cm³/mol. The summed E-state index contributed by atoms with van der Waals surface area (Å²) in [6.07, 6.45) is 6.68. The zero-order valence-electron chi connectivity index (χ0n) is 9.30. The van der Waals surface area contributed by atoms with E-state index in [4.69, 9.17) is 4.74 Å². The van der Waals surface area contributed by atoms with Crippen molar-refractivity contribution in [1.29, 1.82) is 0 Å². The highest BCUT2D eigenvalue weighted by Gasteiger charge is 2.27. The molecule has 1 saturated carbocycles. The summed E-state index contributed by atoms with van der Waals surface area (Å²) >= 11 is 0. The van der Waals surface area contributed by atoms with Crippen LogP contribution in [-0.4, -0.2) is 25.8 Å². The molecule has 0 spiro atoms. The smallest absolute Gasteiger partial charge is 0.0480 e. The second-order valence-corrected chi connectivity index (χ2v) is 4.96. The van der Waals surface area contributed by atoms with Gasteiger partial charge in [-0.1, -0.05) is 6.92 Å². The van der Waals surface area contributed by atoms with Crippen LogP contribution >= 0.6 is 0 Å². The third-order valence-corrected chi connectivity index (χ3v) is 3.61. The fraction of sp³-hybridized carbons (Fsp3) is 1.00. The molecule has 1 N–H and O–H groups in total. The standard InChI is InChI=1S/C12H23NO/c1-10(11-4-5-11)9-13-12-3-2-7-14-8-6-12/h10-13H,2-9H2,1H3. The molecule has 2 aliphatic rings. The molecule has 1 aliphatic heterocycles. The Morgan fingerprint density at radius 3 is 2.86 bits per heavy atom. The van der Waals surface area contributed by atoms with E-state index in [9.17, 15) is 0 Å². The Morgan fingerprint density at radius 1 is 1.21 bits per heavy atom. The first kappa shape index (κ1) is 10.4. The average molecular weight is 197 g/mol. The zero-order chi connectivity index (χ0) is 9.80. The maximum Gasteiger partial charge on any atom is 0.0480 e. The molecule has 0 amide bonds. The van der Waals surface area contributed by atoms with Gasteiger partial charge in [0.25, 0.3) is 0 Å². The van der Waals surface area contributed by atoms with Crippen molar-refractivity contribution in [1.82, 2.24) is 5.32 Å². The highest BCUT2D eigenvalue weighted by molar-refractivity contribution is 4.81. The van der Waals surface area contributed by atoms with Gasteiger partial charge in [-0.05, 0) is 50.5 Å². The van der Waals surface area contributed by atoms with Crippen LogP contribution in [0.3, 0.4) is 0 Å². The minimum atomic E-state index is 0.721. The van der Waals surface area contributed by atoms with Crippen LogP contribution in [0, 0.1) is 11.8 Å². The molecule has 2 atom stereocenters. The molecule has 1 aliphatic carbocycles. The Kier molecular flexibility index (Phi) is 3.82. The molecule has 0 aromatic carbocycles. The van der Waals surface area contributed by atoms with Crippen LogP contribution in [-0.2, 0) is 4.74 Å². The van der Waals surface area contributed by atoms with Crippen molar-refractivity contribution in [2.45, 2.75) is 45.1 Å². The van der Waals surface area contributed by atoms with Gasteiger partial charge >= 0.3 is 0 Å². The Balaban J connectivity index is 1.62. The minimum Gasteiger partial charge on any atom is -0.381 e. The van der Waals surface area contributed by atoms with Gasteiger partial charge in [0.15, 0.2) is 0 Å². The van der Waals surface area contributed by atoms with Crippen molar-refractivity contribution in [3.8, 4) is 0 Å². The van der Waals surface area contributed by atoms with Crippen molar-refractivity contribution < 1.29 is 4.74 Å². The van der Waals surface area contributed by atoms with Gasteiger partial charge in [0.05, 0.1) is 0 Å². The first-order valence-electron chi connectivity index (χ1n) is 6.17. The highest BCUT2D eigenvalue weighted by atomic mass is 16.5. The third-order valence-electron chi connectivity index (χ3n) is 3.61. The second kappa shape index (κ2) is 5.13. The maximum atomic E-state index is 5.45. The lowest BCUT2D eigenvalue weighted by atomic mass is 10.0. The number of nitrogens with one attached hydrogen (secondary N) is 1. The molecule has 2 unspecified atom stereocenters. The Bertz CT molecular complexity index is 160. The summed E-state index contributed by atoms with van der Waals surface area (Å²) in [5.41, 5.74) is 0. The summed E-state index contributed by atoms with van der Waals surface area (Å²) in [6, 6.07) is 0.721. The van der Waals surface area contributed by atoms with E-state index in [2.05, 4.69) is 12.2 Å². The molecule has 0 radical (unpaired) electrons. The molecule has 2 rings (SSSR count). The summed E-state index contributed by atoms with van der Waals surface area (Å²) in [6.45, 7) is 5.53. The third kappa shape index (κ3) is 3.25. The Hall–Kier alpha value is -0.0800.